The van der Waals surface area contributed by atoms with Crippen LogP contribution in [-0.4, -0.2) is 11.4 Å². The van der Waals surface area contributed by atoms with Gasteiger partial charge >= 0.3 is 0 Å². The Kier molecular flexibility index (Phi) is 5.03. The smallest absolute Gasteiger partial charge is 0.226 e. The monoisotopic (exact) mass is 227 g/mol. The zero-order valence-electron chi connectivity index (χ0n) is 12.3. The van der Waals surface area contributed by atoms with E-state index in [1.807, 2.05) is 0 Å². The van der Waals surface area contributed by atoms with Gasteiger partial charge in [-0.2, -0.15) is 0 Å². The fourth-order valence-electron chi connectivity index (χ4n) is 1.72. The van der Waals surface area contributed by atoms with E-state index >= 15 is 0 Å². The van der Waals surface area contributed by atoms with Crippen LogP contribution in [-0.2, 0) is 4.79 Å². The van der Waals surface area contributed by atoms with Gasteiger partial charge in [0.1, 0.15) is 0 Å². The Morgan fingerprint density at radius 1 is 1.06 bits per heavy atom. The minimum atomic E-state index is -0.285. The first kappa shape index (κ1) is 15.5. The molecule has 1 N–H and O–H groups in total. The molecule has 0 atom stereocenters. The van der Waals surface area contributed by atoms with Crippen molar-refractivity contribution in [2.24, 2.45) is 17.3 Å². The Hall–Kier alpha value is -0.530. The fourth-order valence-corrected chi connectivity index (χ4v) is 1.72. The third-order valence-corrected chi connectivity index (χ3v) is 4.22. The van der Waals surface area contributed by atoms with Gasteiger partial charge in [0.15, 0.2) is 0 Å². The van der Waals surface area contributed by atoms with E-state index in [1.165, 1.54) is 0 Å². The van der Waals surface area contributed by atoms with Crippen LogP contribution in [0.3, 0.4) is 0 Å². The summed E-state index contributed by atoms with van der Waals surface area (Å²) in [5.41, 5.74) is -0.394. The van der Waals surface area contributed by atoms with Gasteiger partial charge < -0.3 is 5.32 Å². The van der Waals surface area contributed by atoms with Crippen molar-refractivity contribution in [3.63, 3.8) is 0 Å². The van der Waals surface area contributed by atoms with Crippen molar-refractivity contribution in [1.82, 2.24) is 5.32 Å². The Balaban J connectivity index is 4.92. The zero-order valence-corrected chi connectivity index (χ0v) is 12.3. The molecule has 0 aromatic heterocycles. The topological polar surface area (TPSA) is 29.1 Å². The normalized spacial score (nSPS) is 13.4. The zero-order chi connectivity index (χ0) is 13.1. The first-order chi connectivity index (χ1) is 7.08. The summed E-state index contributed by atoms with van der Waals surface area (Å²) in [6.07, 6.45) is 0.949. The summed E-state index contributed by atoms with van der Waals surface area (Å²) in [5, 5.41) is 3.17. The molecule has 0 saturated carbocycles. The Morgan fingerprint density at radius 2 is 1.44 bits per heavy atom. The number of rotatable bonds is 5. The highest BCUT2D eigenvalue weighted by atomic mass is 16.2. The van der Waals surface area contributed by atoms with Gasteiger partial charge in [0.2, 0.25) is 5.91 Å². The third kappa shape index (κ3) is 3.23. The van der Waals surface area contributed by atoms with E-state index in [0.717, 1.165) is 6.42 Å². The van der Waals surface area contributed by atoms with Crippen molar-refractivity contribution in [3.8, 4) is 0 Å². The Labute approximate surface area is 101 Å². The minimum Gasteiger partial charge on any atom is -0.351 e. The Morgan fingerprint density at radius 3 is 1.69 bits per heavy atom. The van der Waals surface area contributed by atoms with Crippen LogP contribution in [0.1, 0.15) is 61.8 Å². The lowest BCUT2D eigenvalue weighted by atomic mass is 9.69. The predicted molar refractivity (Wildman–Crippen MR) is 70.3 cm³/mol. The molecular formula is C14H29NO. The summed E-state index contributed by atoms with van der Waals surface area (Å²) < 4.78 is 0. The van der Waals surface area contributed by atoms with E-state index in [2.05, 4.69) is 60.7 Å². The molecule has 0 saturated heterocycles. The van der Waals surface area contributed by atoms with Crippen LogP contribution in [0.25, 0.3) is 0 Å². The van der Waals surface area contributed by atoms with Crippen molar-refractivity contribution in [2.75, 3.05) is 0 Å². The highest BCUT2D eigenvalue weighted by Gasteiger charge is 2.41. The summed E-state index contributed by atoms with van der Waals surface area (Å²) in [6.45, 7) is 16.8. The maximum absolute atomic E-state index is 12.4. The van der Waals surface area contributed by atoms with E-state index < -0.39 is 0 Å². The first-order valence-corrected chi connectivity index (χ1v) is 6.40. The van der Waals surface area contributed by atoms with Crippen molar-refractivity contribution in [3.05, 3.63) is 0 Å². The van der Waals surface area contributed by atoms with Crippen LogP contribution >= 0.6 is 0 Å². The second kappa shape index (κ2) is 5.20. The second-order valence-corrected chi connectivity index (χ2v) is 6.28. The lowest BCUT2D eigenvalue weighted by molar-refractivity contribution is -0.137. The van der Waals surface area contributed by atoms with Gasteiger partial charge in [-0.1, -0.05) is 41.5 Å². The molecule has 0 aliphatic heterocycles. The van der Waals surface area contributed by atoms with E-state index in [1.54, 1.807) is 0 Å². The van der Waals surface area contributed by atoms with Gasteiger partial charge in [-0.25, -0.2) is 0 Å². The summed E-state index contributed by atoms with van der Waals surface area (Å²) in [5.74, 6) is 0.879. The molecule has 96 valence electrons. The minimum absolute atomic E-state index is 0.109. The molecule has 0 radical (unpaired) electrons. The lowest BCUT2D eigenvalue weighted by Gasteiger charge is -2.39. The molecule has 2 nitrogen and oxygen atoms in total. The van der Waals surface area contributed by atoms with Crippen LogP contribution in [0.5, 0.6) is 0 Å². The molecule has 0 aromatic rings. The first-order valence-electron chi connectivity index (χ1n) is 6.40. The molecule has 2 heteroatoms. The molecular weight excluding hydrogens is 198 g/mol. The van der Waals surface area contributed by atoms with Crippen molar-refractivity contribution >= 4 is 5.91 Å². The molecule has 0 rings (SSSR count). The summed E-state index contributed by atoms with van der Waals surface area (Å²) in [4.78, 5) is 12.4. The summed E-state index contributed by atoms with van der Waals surface area (Å²) in [7, 11) is 0. The van der Waals surface area contributed by atoms with E-state index in [4.69, 9.17) is 0 Å². The van der Waals surface area contributed by atoms with Crippen molar-refractivity contribution < 1.29 is 4.79 Å². The SMILES string of the molecule is CCC(C)(C)NC(=O)C(C)(C(C)C)C(C)C. The molecule has 0 aliphatic carbocycles. The third-order valence-electron chi connectivity index (χ3n) is 4.22. The van der Waals surface area contributed by atoms with Crippen LogP contribution < -0.4 is 5.32 Å². The lowest BCUT2D eigenvalue weighted by Crippen LogP contribution is -2.53. The van der Waals surface area contributed by atoms with Gasteiger partial charge in [0.25, 0.3) is 0 Å². The van der Waals surface area contributed by atoms with E-state index in [-0.39, 0.29) is 16.9 Å². The molecule has 0 aliphatic rings. The van der Waals surface area contributed by atoms with Gasteiger partial charge in [0, 0.05) is 5.54 Å². The second-order valence-electron chi connectivity index (χ2n) is 6.28. The summed E-state index contributed by atoms with van der Waals surface area (Å²) >= 11 is 0. The number of nitrogens with one attached hydrogen (secondary N) is 1. The highest BCUT2D eigenvalue weighted by Crippen LogP contribution is 2.36. The van der Waals surface area contributed by atoms with Crippen LogP contribution in [0, 0.1) is 17.3 Å². The van der Waals surface area contributed by atoms with E-state index in [0.29, 0.717) is 11.8 Å². The summed E-state index contributed by atoms with van der Waals surface area (Å²) in [6, 6.07) is 0. The fraction of sp³-hybridized carbons (Fsp3) is 0.929. The van der Waals surface area contributed by atoms with Crippen LogP contribution in [0.2, 0.25) is 0 Å². The van der Waals surface area contributed by atoms with E-state index in [9.17, 15) is 4.79 Å². The number of hydrogen-bond acceptors (Lipinski definition) is 1. The highest BCUT2D eigenvalue weighted by molar-refractivity contribution is 5.83. The largest absolute Gasteiger partial charge is 0.351 e. The maximum Gasteiger partial charge on any atom is 0.226 e. The van der Waals surface area contributed by atoms with Crippen molar-refractivity contribution in [1.29, 1.82) is 0 Å². The van der Waals surface area contributed by atoms with Gasteiger partial charge in [-0.3, -0.25) is 4.79 Å². The van der Waals surface area contributed by atoms with Crippen LogP contribution in [0.15, 0.2) is 0 Å². The molecule has 0 unspecified atom stereocenters. The number of amides is 1. The average molecular weight is 227 g/mol. The maximum atomic E-state index is 12.4. The average Bonchev–Trinajstić information content (AvgIpc) is 2.14. The predicted octanol–water partition coefficient (Wildman–Crippen LogP) is 3.61. The molecule has 1 amide bonds. The standard InChI is InChI=1S/C14H29NO/c1-9-13(6,7)15-12(16)14(8,10(2)3)11(4)5/h10-11H,9H2,1-8H3,(H,15,16). The molecule has 16 heavy (non-hydrogen) atoms. The molecule has 0 aromatic carbocycles. The van der Waals surface area contributed by atoms with Gasteiger partial charge in [-0.05, 0) is 32.1 Å². The quantitative estimate of drug-likeness (QED) is 0.764. The molecule has 0 spiro atoms. The van der Waals surface area contributed by atoms with Crippen LogP contribution in [0.4, 0.5) is 0 Å². The van der Waals surface area contributed by atoms with Gasteiger partial charge in [0.05, 0.1) is 5.41 Å². The number of carbonyl (C=O) groups is 1. The number of hydrogen-bond donors (Lipinski definition) is 1. The van der Waals surface area contributed by atoms with Gasteiger partial charge in [-0.15, -0.1) is 0 Å². The molecule has 0 heterocycles. The van der Waals surface area contributed by atoms with Crippen molar-refractivity contribution in [2.45, 2.75) is 67.3 Å². The molecule has 0 bridgehead atoms. The molecule has 0 fully saturated rings. The Bertz CT molecular complexity index is 233. The number of carbonyl (C=O) groups excluding carboxylic acids is 1.